The van der Waals surface area contributed by atoms with Gasteiger partial charge in [0.05, 0.1) is 0 Å². The number of hydrogen-bond donors (Lipinski definition) is 0. The highest BCUT2D eigenvalue weighted by Crippen LogP contribution is 2.47. The van der Waals surface area contributed by atoms with Crippen LogP contribution in [0.1, 0.15) is 0 Å². The summed E-state index contributed by atoms with van der Waals surface area (Å²) in [5.41, 5.74) is 12.3. The normalized spacial score (nSPS) is 11.3. The molecule has 0 heteroatoms. The molecule has 0 saturated heterocycles. The van der Waals surface area contributed by atoms with Gasteiger partial charge < -0.3 is 0 Å². The van der Waals surface area contributed by atoms with E-state index in [1.54, 1.807) is 0 Å². The van der Waals surface area contributed by atoms with E-state index in [4.69, 9.17) is 0 Å². The minimum absolute atomic E-state index is 1.21. The van der Waals surface area contributed by atoms with Crippen LogP contribution in [0.25, 0.3) is 88.0 Å². The summed E-state index contributed by atoms with van der Waals surface area (Å²) >= 11 is 0. The first-order valence-corrected chi connectivity index (χ1v) is 16.6. The fourth-order valence-electron chi connectivity index (χ4n) is 7.40. The highest BCUT2D eigenvalue weighted by Gasteiger charge is 2.20. The molecule has 0 N–H and O–H groups in total. The van der Waals surface area contributed by atoms with Gasteiger partial charge in [-0.15, -0.1) is 0 Å². The topological polar surface area (TPSA) is 0 Å². The molecular weight excluding hydrogens is 577 g/mol. The largest absolute Gasteiger partial charge is 0.0622 e. The molecule has 0 bridgehead atoms. The zero-order chi connectivity index (χ0) is 31.9. The third kappa shape index (κ3) is 4.87. The molecule has 48 heavy (non-hydrogen) atoms. The Morgan fingerprint density at radius 2 is 0.667 bits per heavy atom. The van der Waals surface area contributed by atoms with E-state index in [0.29, 0.717) is 0 Å². The molecule has 0 aliphatic carbocycles. The zero-order valence-corrected chi connectivity index (χ0v) is 26.5. The molecule has 0 saturated carbocycles. The number of hydrogen-bond acceptors (Lipinski definition) is 0. The number of benzene rings is 9. The molecule has 0 spiro atoms. The summed E-state index contributed by atoms with van der Waals surface area (Å²) in [4.78, 5) is 0. The summed E-state index contributed by atoms with van der Waals surface area (Å²) in [6.45, 7) is 0. The van der Waals surface area contributed by atoms with E-state index in [-0.39, 0.29) is 0 Å². The predicted octanol–water partition coefficient (Wildman–Crippen LogP) is 13.5. The van der Waals surface area contributed by atoms with E-state index in [2.05, 4.69) is 194 Å². The van der Waals surface area contributed by atoms with Gasteiger partial charge in [-0.05, 0) is 112 Å². The molecule has 0 fully saturated rings. The van der Waals surface area contributed by atoms with Crippen molar-refractivity contribution in [3.05, 3.63) is 194 Å². The van der Waals surface area contributed by atoms with E-state index in [9.17, 15) is 0 Å². The highest BCUT2D eigenvalue weighted by atomic mass is 14.2. The van der Waals surface area contributed by atoms with Crippen molar-refractivity contribution in [3.8, 4) is 55.6 Å². The van der Waals surface area contributed by atoms with Crippen molar-refractivity contribution in [3.63, 3.8) is 0 Å². The zero-order valence-electron chi connectivity index (χ0n) is 26.5. The summed E-state index contributed by atoms with van der Waals surface area (Å²) in [6, 6.07) is 70.8. The minimum Gasteiger partial charge on any atom is -0.0622 e. The second kappa shape index (κ2) is 11.8. The molecule has 9 rings (SSSR count). The molecule has 0 atom stereocenters. The first-order chi connectivity index (χ1) is 23.8. The van der Waals surface area contributed by atoms with Crippen LogP contribution in [0, 0.1) is 0 Å². The second-order valence-corrected chi connectivity index (χ2v) is 12.5. The van der Waals surface area contributed by atoms with Gasteiger partial charge in [0, 0.05) is 0 Å². The Labute approximate surface area is 281 Å². The van der Waals surface area contributed by atoms with Gasteiger partial charge >= 0.3 is 0 Å². The Balaban J connectivity index is 1.42. The average molecular weight is 609 g/mol. The average Bonchev–Trinajstić information content (AvgIpc) is 3.17. The molecule has 0 unspecified atom stereocenters. The van der Waals surface area contributed by atoms with Gasteiger partial charge in [0.1, 0.15) is 0 Å². The summed E-state index contributed by atoms with van der Waals surface area (Å²) in [5.74, 6) is 0. The fraction of sp³-hybridized carbons (Fsp3) is 0. The quantitative estimate of drug-likeness (QED) is 0.171. The Morgan fingerprint density at radius 1 is 0.208 bits per heavy atom. The van der Waals surface area contributed by atoms with Gasteiger partial charge in [-0.1, -0.05) is 170 Å². The van der Waals surface area contributed by atoms with Crippen molar-refractivity contribution < 1.29 is 0 Å². The van der Waals surface area contributed by atoms with E-state index in [0.717, 1.165) is 0 Å². The lowest BCUT2D eigenvalue weighted by Gasteiger charge is -2.20. The summed E-state index contributed by atoms with van der Waals surface area (Å²) in [7, 11) is 0. The lowest BCUT2D eigenvalue weighted by Crippen LogP contribution is -1.93. The standard InChI is InChI=1S/C48H32/c1-4-15-33(16-5-1)37-27-28-45-46(32-37)48(42-26-14-22-36-21-10-11-23-41(36)42)44-25-13-12-24-43(44)47(45)40-30-38(34-17-6-2-7-18-34)29-39(31-40)35-19-8-3-9-20-35/h1-32H. The number of rotatable bonds is 5. The minimum atomic E-state index is 1.21. The molecule has 0 aliphatic rings. The van der Waals surface area contributed by atoms with Gasteiger partial charge in [-0.25, -0.2) is 0 Å². The Kier molecular flexibility index (Phi) is 6.91. The Bertz CT molecular complexity index is 2520. The van der Waals surface area contributed by atoms with E-state index in [1.807, 2.05) is 0 Å². The Morgan fingerprint density at radius 3 is 1.29 bits per heavy atom. The molecule has 0 amide bonds. The molecular formula is C48H32. The molecule has 0 aliphatic heterocycles. The van der Waals surface area contributed by atoms with E-state index >= 15 is 0 Å². The molecule has 0 nitrogen and oxygen atoms in total. The first kappa shape index (κ1) is 28.0. The van der Waals surface area contributed by atoms with Gasteiger partial charge in [0.15, 0.2) is 0 Å². The molecule has 0 radical (unpaired) electrons. The monoisotopic (exact) mass is 608 g/mol. The van der Waals surface area contributed by atoms with Crippen molar-refractivity contribution in [1.82, 2.24) is 0 Å². The van der Waals surface area contributed by atoms with Crippen molar-refractivity contribution in [1.29, 1.82) is 0 Å². The van der Waals surface area contributed by atoms with Crippen LogP contribution in [0.2, 0.25) is 0 Å². The van der Waals surface area contributed by atoms with Gasteiger partial charge in [0.2, 0.25) is 0 Å². The maximum Gasteiger partial charge on any atom is -0.00199 e. The van der Waals surface area contributed by atoms with Crippen LogP contribution in [0.4, 0.5) is 0 Å². The summed E-state index contributed by atoms with van der Waals surface area (Å²) in [6.07, 6.45) is 0. The SMILES string of the molecule is c1ccc(-c2cc(-c3ccccc3)cc(-c3c4ccccc4c(-c4cccc5ccccc45)c4cc(-c5ccccc5)ccc34)c2)cc1. The van der Waals surface area contributed by atoms with Crippen molar-refractivity contribution in [2.24, 2.45) is 0 Å². The van der Waals surface area contributed by atoms with Crippen LogP contribution in [0.5, 0.6) is 0 Å². The van der Waals surface area contributed by atoms with E-state index < -0.39 is 0 Å². The second-order valence-electron chi connectivity index (χ2n) is 12.5. The molecule has 0 heterocycles. The lowest BCUT2D eigenvalue weighted by atomic mass is 9.82. The highest BCUT2D eigenvalue weighted by molar-refractivity contribution is 6.24. The predicted molar refractivity (Wildman–Crippen MR) is 206 cm³/mol. The van der Waals surface area contributed by atoms with Gasteiger partial charge in [-0.2, -0.15) is 0 Å². The van der Waals surface area contributed by atoms with Crippen LogP contribution in [0.3, 0.4) is 0 Å². The van der Waals surface area contributed by atoms with Gasteiger partial charge in [0.25, 0.3) is 0 Å². The van der Waals surface area contributed by atoms with Crippen LogP contribution < -0.4 is 0 Å². The maximum absolute atomic E-state index is 2.41. The summed E-state index contributed by atoms with van der Waals surface area (Å²) < 4.78 is 0. The molecule has 224 valence electrons. The van der Waals surface area contributed by atoms with Crippen molar-refractivity contribution in [2.75, 3.05) is 0 Å². The van der Waals surface area contributed by atoms with Gasteiger partial charge in [-0.3, -0.25) is 0 Å². The fourth-order valence-corrected chi connectivity index (χ4v) is 7.40. The first-order valence-electron chi connectivity index (χ1n) is 16.6. The van der Waals surface area contributed by atoms with E-state index in [1.165, 1.54) is 88.0 Å². The molecule has 0 aromatic heterocycles. The van der Waals surface area contributed by atoms with Crippen LogP contribution >= 0.6 is 0 Å². The van der Waals surface area contributed by atoms with Crippen LogP contribution in [-0.2, 0) is 0 Å². The third-order valence-electron chi connectivity index (χ3n) is 9.63. The lowest BCUT2D eigenvalue weighted by molar-refractivity contribution is 1.58. The van der Waals surface area contributed by atoms with Crippen LogP contribution in [-0.4, -0.2) is 0 Å². The maximum atomic E-state index is 2.41. The van der Waals surface area contributed by atoms with Crippen molar-refractivity contribution in [2.45, 2.75) is 0 Å². The summed E-state index contributed by atoms with van der Waals surface area (Å²) in [5, 5.41) is 7.53. The van der Waals surface area contributed by atoms with Crippen molar-refractivity contribution >= 4 is 32.3 Å². The molecule has 9 aromatic rings. The smallest absolute Gasteiger partial charge is 0.00199 e. The third-order valence-corrected chi connectivity index (χ3v) is 9.63. The molecule has 9 aromatic carbocycles. The Hall–Kier alpha value is -6.24. The van der Waals surface area contributed by atoms with Crippen LogP contribution in [0.15, 0.2) is 194 Å². The number of fused-ring (bicyclic) bond motifs is 3.